The summed E-state index contributed by atoms with van der Waals surface area (Å²) >= 11 is 0. The highest BCUT2D eigenvalue weighted by Gasteiger charge is 2.50. The quantitative estimate of drug-likeness (QED) is 0.943. The van der Waals surface area contributed by atoms with Crippen LogP contribution in [0.3, 0.4) is 0 Å². The molecule has 0 bridgehead atoms. The van der Waals surface area contributed by atoms with Gasteiger partial charge in [0.1, 0.15) is 0 Å². The topological polar surface area (TPSA) is 47.6 Å². The van der Waals surface area contributed by atoms with Crippen LogP contribution in [0.15, 0.2) is 48.5 Å². The Morgan fingerprint density at radius 3 is 2.59 bits per heavy atom. The molecule has 2 aliphatic rings. The molecule has 0 aromatic heterocycles. The van der Waals surface area contributed by atoms with Gasteiger partial charge in [-0.25, -0.2) is 0 Å². The summed E-state index contributed by atoms with van der Waals surface area (Å²) in [7, 11) is 0. The van der Waals surface area contributed by atoms with E-state index in [1.165, 1.54) is 0 Å². The van der Waals surface area contributed by atoms with Gasteiger partial charge in [0.25, 0.3) is 0 Å². The van der Waals surface area contributed by atoms with E-state index in [1.54, 1.807) is 0 Å². The van der Waals surface area contributed by atoms with Crippen LogP contribution < -0.4 is 14.8 Å². The summed E-state index contributed by atoms with van der Waals surface area (Å²) < 4.78 is 10.7. The van der Waals surface area contributed by atoms with E-state index < -0.39 is 0 Å². The van der Waals surface area contributed by atoms with Gasteiger partial charge in [0.2, 0.25) is 12.7 Å². The molecule has 4 nitrogen and oxygen atoms in total. The van der Waals surface area contributed by atoms with Crippen molar-refractivity contribution < 1.29 is 14.3 Å². The summed E-state index contributed by atoms with van der Waals surface area (Å²) in [6.07, 6.45) is 1.84. The Kier molecular flexibility index (Phi) is 3.03. The van der Waals surface area contributed by atoms with Crippen molar-refractivity contribution in [3.63, 3.8) is 0 Å². The first-order chi connectivity index (χ1) is 10.8. The number of carbonyl (C=O) groups is 1. The minimum atomic E-state index is -0.322. The number of benzene rings is 2. The largest absolute Gasteiger partial charge is 0.454 e. The number of hydrogen-bond acceptors (Lipinski definition) is 3. The Hall–Kier alpha value is -2.49. The molecule has 1 N–H and O–H groups in total. The molecule has 0 saturated heterocycles. The normalized spacial score (nSPS) is 17.1. The third kappa shape index (κ3) is 2.21. The van der Waals surface area contributed by atoms with E-state index in [0.717, 1.165) is 35.5 Å². The zero-order valence-electron chi connectivity index (χ0n) is 12.2. The lowest BCUT2D eigenvalue weighted by atomic mass is 9.95. The maximum Gasteiger partial charge on any atom is 0.231 e. The minimum absolute atomic E-state index is 0.108. The van der Waals surface area contributed by atoms with E-state index in [4.69, 9.17) is 9.47 Å². The third-order valence-corrected chi connectivity index (χ3v) is 4.40. The lowest BCUT2D eigenvalue weighted by molar-refractivity contribution is -0.123. The van der Waals surface area contributed by atoms with Crippen LogP contribution in [-0.2, 0) is 16.8 Å². The molecule has 1 fully saturated rings. The molecule has 1 aliphatic carbocycles. The lowest BCUT2D eigenvalue weighted by Crippen LogP contribution is -2.34. The molecule has 0 spiro atoms. The molecule has 1 amide bonds. The Morgan fingerprint density at radius 1 is 1.05 bits per heavy atom. The second-order valence-corrected chi connectivity index (χ2v) is 5.82. The predicted molar refractivity (Wildman–Crippen MR) is 81.8 cm³/mol. The molecule has 1 heterocycles. The predicted octanol–water partition coefficient (Wildman–Crippen LogP) is 2.76. The van der Waals surface area contributed by atoms with Gasteiger partial charge < -0.3 is 14.8 Å². The van der Waals surface area contributed by atoms with Crippen molar-refractivity contribution in [1.82, 2.24) is 5.32 Å². The maximum atomic E-state index is 12.6. The van der Waals surface area contributed by atoms with E-state index >= 15 is 0 Å². The van der Waals surface area contributed by atoms with Gasteiger partial charge in [-0.15, -0.1) is 0 Å². The molecule has 2 aromatic carbocycles. The van der Waals surface area contributed by atoms with Crippen molar-refractivity contribution >= 4 is 5.91 Å². The van der Waals surface area contributed by atoms with Crippen molar-refractivity contribution in [2.75, 3.05) is 6.79 Å². The minimum Gasteiger partial charge on any atom is -0.454 e. The van der Waals surface area contributed by atoms with Gasteiger partial charge in [0, 0.05) is 6.54 Å². The summed E-state index contributed by atoms with van der Waals surface area (Å²) in [5.74, 6) is 1.62. The Labute approximate surface area is 129 Å². The van der Waals surface area contributed by atoms with Crippen LogP contribution in [0, 0.1) is 0 Å². The molecule has 2 aromatic rings. The highest BCUT2D eigenvalue weighted by atomic mass is 16.7. The smallest absolute Gasteiger partial charge is 0.231 e. The van der Waals surface area contributed by atoms with Crippen LogP contribution in [0.25, 0.3) is 0 Å². The lowest BCUT2D eigenvalue weighted by Gasteiger charge is -2.16. The average Bonchev–Trinajstić information content (AvgIpc) is 3.25. The van der Waals surface area contributed by atoms with Crippen LogP contribution in [0.2, 0.25) is 0 Å². The van der Waals surface area contributed by atoms with Crippen molar-refractivity contribution in [2.45, 2.75) is 24.8 Å². The summed E-state index contributed by atoms with van der Waals surface area (Å²) in [6, 6.07) is 15.8. The first-order valence-electron chi connectivity index (χ1n) is 7.50. The van der Waals surface area contributed by atoms with Crippen LogP contribution >= 0.6 is 0 Å². The Morgan fingerprint density at radius 2 is 1.82 bits per heavy atom. The van der Waals surface area contributed by atoms with Gasteiger partial charge in [0.15, 0.2) is 11.5 Å². The zero-order valence-corrected chi connectivity index (χ0v) is 12.2. The fraction of sp³-hybridized carbons (Fsp3) is 0.278. The van der Waals surface area contributed by atoms with Crippen molar-refractivity contribution in [3.05, 3.63) is 59.7 Å². The number of ether oxygens (including phenoxy) is 2. The first kappa shape index (κ1) is 13.2. The molecule has 22 heavy (non-hydrogen) atoms. The average molecular weight is 295 g/mol. The number of amides is 1. The fourth-order valence-corrected chi connectivity index (χ4v) is 2.93. The zero-order chi connectivity index (χ0) is 15.0. The summed E-state index contributed by atoms with van der Waals surface area (Å²) in [6.45, 7) is 0.770. The summed E-state index contributed by atoms with van der Waals surface area (Å²) in [5.41, 5.74) is 1.80. The van der Waals surface area contributed by atoms with Crippen LogP contribution in [-0.4, -0.2) is 12.7 Å². The van der Waals surface area contributed by atoms with E-state index in [9.17, 15) is 4.79 Å². The molecule has 1 saturated carbocycles. The van der Waals surface area contributed by atoms with Crippen LogP contribution in [0.4, 0.5) is 0 Å². The van der Waals surface area contributed by atoms with E-state index in [0.29, 0.717) is 6.54 Å². The highest BCUT2D eigenvalue weighted by molar-refractivity contribution is 5.91. The molecular weight excluding hydrogens is 278 g/mol. The molecule has 112 valence electrons. The van der Waals surface area contributed by atoms with Gasteiger partial charge in [-0.1, -0.05) is 36.4 Å². The Balaban J connectivity index is 1.45. The van der Waals surface area contributed by atoms with Gasteiger partial charge in [-0.2, -0.15) is 0 Å². The number of rotatable bonds is 4. The van der Waals surface area contributed by atoms with Gasteiger partial charge in [-0.3, -0.25) is 4.79 Å². The van der Waals surface area contributed by atoms with E-state index in [1.807, 2.05) is 48.5 Å². The monoisotopic (exact) mass is 295 g/mol. The number of hydrogen-bond donors (Lipinski definition) is 1. The number of nitrogens with one attached hydrogen (secondary N) is 1. The second kappa shape index (κ2) is 5.05. The van der Waals surface area contributed by atoms with Gasteiger partial charge in [-0.05, 0) is 36.1 Å². The first-order valence-corrected chi connectivity index (χ1v) is 7.50. The standard InChI is InChI=1S/C18H17NO3/c20-17(18(8-9-18)14-4-2-1-3-5-14)19-11-13-6-7-15-16(10-13)22-12-21-15/h1-7,10H,8-9,11-12H2,(H,19,20). The van der Waals surface area contributed by atoms with Gasteiger partial charge >= 0.3 is 0 Å². The molecule has 4 rings (SSSR count). The maximum absolute atomic E-state index is 12.6. The third-order valence-electron chi connectivity index (χ3n) is 4.40. The fourth-order valence-electron chi connectivity index (χ4n) is 2.93. The van der Waals surface area contributed by atoms with Crippen LogP contribution in [0.1, 0.15) is 24.0 Å². The van der Waals surface area contributed by atoms with E-state index in [-0.39, 0.29) is 18.1 Å². The molecule has 0 unspecified atom stereocenters. The number of carbonyl (C=O) groups excluding carboxylic acids is 1. The molecule has 0 atom stereocenters. The SMILES string of the molecule is O=C(NCc1ccc2c(c1)OCO2)C1(c2ccccc2)CC1. The molecule has 0 radical (unpaired) electrons. The second-order valence-electron chi connectivity index (χ2n) is 5.82. The summed E-state index contributed by atoms with van der Waals surface area (Å²) in [4.78, 5) is 12.6. The van der Waals surface area contributed by atoms with Crippen molar-refractivity contribution in [3.8, 4) is 11.5 Å². The van der Waals surface area contributed by atoms with Crippen LogP contribution in [0.5, 0.6) is 11.5 Å². The van der Waals surface area contributed by atoms with Crippen molar-refractivity contribution in [2.24, 2.45) is 0 Å². The molecular formula is C18H17NO3. The van der Waals surface area contributed by atoms with Crippen molar-refractivity contribution in [1.29, 1.82) is 0 Å². The number of fused-ring (bicyclic) bond motifs is 1. The molecule has 4 heteroatoms. The Bertz CT molecular complexity index is 708. The molecule has 1 aliphatic heterocycles. The highest BCUT2D eigenvalue weighted by Crippen LogP contribution is 2.48. The summed E-state index contributed by atoms with van der Waals surface area (Å²) in [5, 5.41) is 3.06. The van der Waals surface area contributed by atoms with Gasteiger partial charge in [0.05, 0.1) is 5.41 Å². The van der Waals surface area contributed by atoms with E-state index in [2.05, 4.69) is 5.32 Å².